The van der Waals surface area contributed by atoms with E-state index in [1.54, 1.807) is 0 Å². The Kier molecular flexibility index (Phi) is 2.26. The molecule has 0 atom stereocenters. The van der Waals surface area contributed by atoms with Gasteiger partial charge in [0.2, 0.25) is 0 Å². The second-order valence-corrected chi connectivity index (χ2v) is 3.40. The number of nitro groups is 1. The number of aromatic nitrogens is 3. The fourth-order valence-electron chi connectivity index (χ4n) is 0.994. The largest absolute Gasteiger partial charge is 0.374 e. The highest BCUT2D eigenvalue weighted by molar-refractivity contribution is 7.09. The van der Waals surface area contributed by atoms with E-state index < -0.39 is 4.92 Å². The number of nitrogen functional groups attached to an aromatic ring is 1. The SMILES string of the molecule is Nc1nc(-c2cc([N+](=O)[O-])ccn2)ns1. The Hall–Kier alpha value is -2.09. The van der Waals surface area contributed by atoms with Gasteiger partial charge in [0.1, 0.15) is 5.69 Å². The van der Waals surface area contributed by atoms with Crippen LogP contribution in [-0.2, 0) is 0 Å². The van der Waals surface area contributed by atoms with E-state index in [0.29, 0.717) is 16.6 Å². The zero-order valence-electron chi connectivity index (χ0n) is 7.32. The minimum absolute atomic E-state index is 0.0478. The van der Waals surface area contributed by atoms with Crippen molar-refractivity contribution in [1.29, 1.82) is 0 Å². The molecule has 0 radical (unpaired) electrons. The summed E-state index contributed by atoms with van der Waals surface area (Å²) in [6.45, 7) is 0. The fraction of sp³-hybridized carbons (Fsp3) is 0. The number of anilines is 1. The van der Waals surface area contributed by atoms with E-state index in [-0.39, 0.29) is 5.69 Å². The molecule has 15 heavy (non-hydrogen) atoms. The molecule has 0 spiro atoms. The van der Waals surface area contributed by atoms with Crippen molar-refractivity contribution < 1.29 is 4.92 Å². The summed E-state index contributed by atoms with van der Waals surface area (Å²) in [4.78, 5) is 17.8. The van der Waals surface area contributed by atoms with Crippen molar-refractivity contribution >= 4 is 22.4 Å². The third-order valence-electron chi connectivity index (χ3n) is 1.63. The summed E-state index contributed by atoms with van der Waals surface area (Å²) in [5.74, 6) is 0.307. The van der Waals surface area contributed by atoms with E-state index in [2.05, 4.69) is 14.3 Å². The zero-order valence-corrected chi connectivity index (χ0v) is 8.14. The highest BCUT2D eigenvalue weighted by Crippen LogP contribution is 2.20. The molecule has 0 aliphatic heterocycles. The molecular formula is C7H5N5O2S. The van der Waals surface area contributed by atoms with Crippen molar-refractivity contribution in [2.75, 3.05) is 5.73 Å². The van der Waals surface area contributed by atoms with Crippen LogP contribution in [0.15, 0.2) is 18.3 Å². The molecule has 0 saturated heterocycles. The highest BCUT2D eigenvalue weighted by Gasteiger charge is 2.11. The maximum absolute atomic E-state index is 10.5. The summed E-state index contributed by atoms with van der Waals surface area (Å²) in [6, 6.07) is 2.61. The first-order valence-corrected chi connectivity index (χ1v) is 4.64. The van der Waals surface area contributed by atoms with Gasteiger partial charge in [-0.05, 0) is 0 Å². The molecular weight excluding hydrogens is 218 g/mol. The lowest BCUT2D eigenvalue weighted by molar-refractivity contribution is -0.384. The molecule has 0 aliphatic rings. The normalized spacial score (nSPS) is 10.1. The van der Waals surface area contributed by atoms with Crippen LogP contribution in [0.4, 0.5) is 10.8 Å². The van der Waals surface area contributed by atoms with Gasteiger partial charge in [0.05, 0.1) is 4.92 Å². The maximum atomic E-state index is 10.5. The average Bonchev–Trinajstić information content (AvgIpc) is 2.65. The standard InChI is InChI=1S/C7H5N5O2S/c8-7-10-6(11-15-7)5-3-4(12(13)14)1-2-9-5/h1-3H,(H2,8,10,11). The molecule has 2 N–H and O–H groups in total. The molecule has 0 aromatic carbocycles. The summed E-state index contributed by atoms with van der Waals surface area (Å²) in [5.41, 5.74) is 5.69. The van der Waals surface area contributed by atoms with Gasteiger partial charge in [0.25, 0.3) is 5.69 Å². The minimum Gasteiger partial charge on any atom is -0.374 e. The summed E-state index contributed by atoms with van der Waals surface area (Å²) in [6.07, 6.45) is 1.34. The smallest absolute Gasteiger partial charge is 0.273 e. The quantitative estimate of drug-likeness (QED) is 0.603. The number of nitrogens with two attached hydrogens (primary N) is 1. The first-order chi connectivity index (χ1) is 7.16. The van der Waals surface area contributed by atoms with Gasteiger partial charge in [0, 0.05) is 29.9 Å². The molecule has 0 fully saturated rings. The Balaban J connectivity index is 2.45. The molecule has 2 heterocycles. The first-order valence-electron chi connectivity index (χ1n) is 3.87. The van der Waals surface area contributed by atoms with Gasteiger partial charge in [-0.3, -0.25) is 15.1 Å². The van der Waals surface area contributed by atoms with Crippen LogP contribution >= 0.6 is 11.5 Å². The van der Waals surface area contributed by atoms with E-state index in [0.717, 1.165) is 11.5 Å². The van der Waals surface area contributed by atoms with Gasteiger partial charge in [-0.1, -0.05) is 0 Å². The Morgan fingerprint density at radius 1 is 1.53 bits per heavy atom. The second-order valence-electron chi connectivity index (χ2n) is 2.61. The van der Waals surface area contributed by atoms with E-state index in [9.17, 15) is 10.1 Å². The number of rotatable bonds is 2. The van der Waals surface area contributed by atoms with Gasteiger partial charge in [-0.25, -0.2) is 0 Å². The predicted molar refractivity (Wildman–Crippen MR) is 54.2 cm³/mol. The topological polar surface area (TPSA) is 108 Å². The molecule has 2 aromatic rings. The van der Waals surface area contributed by atoms with Crippen LogP contribution in [0.5, 0.6) is 0 Å². The molecule has 2 rings (SSSR count). The van der Waals surface area contributed by atoms with Crippen molar-refractivity contribution in [3.8, 4) is 11.5 Å². The van der Waals surface area contributed by atoms with Crippen LogP contribution in [0.1, 0.15) is 0 Å². The highest BCUT2D eigenvalue weighted by atomic mass is 32.1. The lowest BCUT2D eigenvalue weighted by atomic mass is 10.3. The first kappa shape index (κ1) is 9.46. The van der Waals surface area contributed by atoms with Crippen molar-refractivity contribution in [3.05, 3.63) is 28.4 Å². The Labute approximate surface area is 87.9 Å². The van der Waals surface area contributed by atoms with Crippen molar-refractivity contribution in [3.63, 3.8) is 0 Å². The van der Waals surface area contributed by atoms with Gasteiger partial charge in [-0.2, -0.15) is 9.36 Å². The van der Waals surface area contributed by atoms with Crippen LogP contribution in [0.3, 0.4) is 0 Å². The van der Waals surface area contributed by atoms with Gasteiger partial charge in [-0.15, -0.1) is 0 Å². The van der Waals surface area contributed by atoms with E-state index >= 15 is 0 Å². The summed E-state index contributed by atoms with van der Waals surface area (Å²) in [7, 11) is 0. The van der Waals surface area contributed by atoms with E-state index in [4.69, 9.17) is 5.73 Å². The fourth-order valence-corrected chi connectivity index (χ4v) is 1.44. The van der Waals surface area contributed by atoms with Crippen molar-refractivity contribution in [1.82, 2.24) is 14.3 Å². The van der Waals surface area contributed by atoms with E-state index in [1.807, 2.05) is 0 Å². The number of hydrogen-bond donors (Lipinski definition) is 1. The van der Waals surface area contributed by atoms with Gasteiger partial charge in [0.15, 0.2) is 11.0 Å². The maximum Gasteiger partial charge on any atom is 0.273 e. The summed E-state index contributed by atoms with van der Waals surface area (Å²) in [5, 5.41) is 10.8. The monoisotopic (exact) mass is 223 g/mol. The second kappa shape index (κ2) is 3.58. The van der Waals surface area contributed by atoms with Gasteiger partial charge < -0.3 is 5.73 Å². The lowest BCUT2D eigenvalue weighted by Gasteiger charge is -1.93. The number of nitrogens with zero attached hydrogens (tertiary/aromatic N) is 4. The Morgan fingerprint density at radius 2 is 2.33 bits per heavy atom. The van der Waals surface area contributed by atoms with E-state index in [1.165, 1.54) is 18.3 Å². The molecule has 0 unspecified atom stereocenters. The Bertz CT molecular complexity index is 512. The average molecular weight is 223 g/mol. The number of hydrogen-bond acceptors (Lipinski definition) is 7. The molecule has 0 saturated carbocycles. The molecule has 2 aromatic heterocycles. The zero-order chi connectivity index (χ0) is 10.8. The summed E-state index contributed by atoms with van der Waals surface area (Å²) >= 11 is 1.02. The third-order valence-corrected chi connectivity index (χ3v) is 2.17. The van der Waals surface area contributed by atoms with Crippen LogP contribution < -0.4 is 5.73 Å². The molecule has 76 valence electrons. The molecule has 0 aliphatic carbocycles. The molecule has 8 heteroatoms. The van der Waals surface area contributed by atoms with Crippen LogP contribution in [0.25, 0.3) is 11.5 Å². The Morgan fingerprint density at radius 3 is 2.93 bits per heavy atom. The molecule has 7 nitrogen and oxygen atoms in total. The van der Waals surface area contributed by atoms with Crippen LogP contribution in [-0.4, -0.2) is 19.3 Å². The molecule has 0 bridgehead atoms. The summed E-state index contributed by atoms with van der Waals surface area (Å²) < 4.78 is 3.91. The minimum atomic E-state index is -0.499. The van der Waals surface area contributed by atoms with Crippen molar-refractivity contribution in [2.45, 2.75) is 0 Å². The predicted octanol–water partition coefficient (Wildman–Crippen LogP) is 1.09. The van der Waals surface area contributed by atoms with Crippen LogP contribution in [0, 0.1) is 10.1 Å². The van der Waals surface area contributed by atoms with Crippen LogP contribution in [0.2, 0.25) is 0 Å². The molecule has 0 amide bonds. The number of pyridine rings is 1. The van der Waals surface area contributed by atoms with Crippen molar-refractivity contribution in [2.24, 2.45) is 0 Å². The lowest BCUT2D eigenvalue weighted by Crippen LogP contribution is -1.91. The third kappa shape index (κ3) is 1.89. The van der Waals surface area contributed by atoms with Gasteiger partial charge >= 0.3 is 0 Å².